The second kappa shape index (κ2) is 22.3. The zero-order valence-corrected chi connectivity index (χ0v) is 46.8. The molecule has 2 unspecified atom stereocenters. The number of hydrogen-bond donors (Lipinski definition) is 5. The molecule has 1 saturated carbocycles. The number of carbonyl (C=O) groups is 6. The van der Waals surface area contributed by atoms with E-state index in [1.54, 1.807) is 48.2 Å². The van der Waals surface area contributed by atoms with Crippen LogP contribution < -0.4 is 25.1 Å². The lowest BCUT2D eigenvalue weighted by atomic mass is 9.78. The molecule has 81 heavy (non-hydrogen) atoms. The van der Waals surface area contributed by atoms with E-state index >= 15 is 14.0 Å². The summed E-state index contributed by atoms with van der Waals surface area (Å²) in [5, 5.41) is 53.8. The largest absolute Gasteiger partial charge is 0.507 e. The Labute approximate surface area is 466 Å². The van der Waals surface area contributed by atoms with Crippen molar-refractivity contribution in [2.45, 2.75) is 123 Å². The van der Waals surface area contributed by atoms with Crippen molar-refractivity contribution in [3.05, 3.63) is 104 Å². The SMILES string of the molecule is COc1c(N2CC3CCCN(N=CC4=C5NC(=O)C(C)=CC=C[C@H](C)[C@H](O)[C@@H](C)[C@@H](O)[C@@H](C)[C@H](OC(C)=O)[C@H](C)[C@@H](OC)C=CO[C@@]6(C)Oc7c(C)c(O)c(c(c7C6=O)C4=O)C5=O)C3C2)c(F)cc2c(=O)c(C(=O)O)cn(C3CC3)c12. The zero-order chi connectivity index (χ0) is 58.8. The molecule has 5 bridgehead atoms. The number of anilines is 1. The number of carboxylic acids is 1. The van der Waals surface area contributed by atoms with E-state index in [1.807, 2.05) is 0 Å². The number of hydrogen-bond acceptors (Lipinski definition) is 18. The van der Waals surface area contributed by atoms with Crippen molar-refractivity contribution in [1.82, 2.24) is 14.9 Å². The third-order valence-electron chi connectivity index (χ3n) is 17.0. The Morgan fingerprint density at radius 1 is 0.938 bits per heavy atom. The molecule has 2 aromatic carbocycles. The first-order chi connectivity index (χ1) is 38.3. The number of nitrogens with zero attached hydrogens (tertiary/aromatic N) is 4. The molecular weight excluding hydrogens is 1050 g/mol. The van der Waals surface area contributed by atoms with Crippen molar-refractivity contribution in [2.24, 2.45) is 34.7 Å². The summed E-state index contributed by atoms with van der Waals surface area (Å²) in [5.74, 6) is -12.6. The molecule has 11 atom stereocenters. The minimum atomic E-state index is -2.20. The van der Waals surface area contributed by atoms with Crippen LogP contribution in [0.3, 0.4) is 0 Å². The van der Waals surface area contributed by atoms with Gasteiger partial charge in [-0.2, -0.15) is 5.10 Å². The molecule has 3 aromatic rings. The molecule has 6 heterocycles. The Balaban J connectivity index is 1.11. The number of methoxy groups -OCH3 is 2. The number of aliphatic hydroxyl groups excluding tert-OH is 2. The standard InChI is InChI=1S/C59H68FN5O16/c1-26-13-11-14-27(2)57(74)62-44-36(22-61-65-19-12-15-33-23-63(25-39(33)65)46-38(60)21-35-45(55(46)78-10)64(34-16-17-34)24-37(50(35)70)58(75)76)51(71)41-42(52(44)72)49(69)31(6)54-43(41)56(73)59(8,81-54)79-20-18-40(77-9)28(3)53(80-32(7)66)30(5)48(68)29(4)47(26)67/h11,13-14,18,20-22,24,26,28-30,33-34,39-40,47-48,53,67-69H,12,15-17,19,23,25H2,1-10H3,(H,62,74)(H,75,76)/t26-,28+,29+,30+,33?,39?,40-,47-,48+,53+,59-/m0/s1. The smallest absolute Gasteiger partial charge is 0.341 e. The van der Waals surface area contributed by atoms with Gasteiger partial charge in [-0.05, 0) is 51.7 Å². The van der Waals surface area contributed by atoms with Gasteiger partial charge in [-0.3, -0.25) is 33.8 Å². The van der Waals surface area contributed by atoms with Crippen molar-refractivity contribution in [3.63, 3.8) is 0 Å². The molecule has 0 radical (unpaired) electrons. The summed E-state index contributed by atoms with van der Waals surface area (Å²) in [4.78, 5) is 99.2. The Morgan fingerprint density at radius 3 is 2.31 bits per heavy atom. The Hall–Kier alpha value is -7.69. The first-order valence-electron chi connectivity index (χ1n) is 27.1. The van der Waals surface area contributed by atoms with E-state index in [1.165, 1.54) is 66.3 Å². The highest BCUT2D eigenvalue weighted by atomic mass is 19.1. The number of Topliss-reactive ketones (excluding diaryl/α,β-unsaturated/α-hetero) is 3. The fourth-order valence-electron chi connectivity index (χ4n) is 12.2. The van der Waals surface area contributed by atoms with E-state index in [-0.39, 0.29) is 63.3 Å². The first kappa shape index (κ1) is 58.0. The van der Waals surface area contributed by atoms with Gasteiger partial charge in [0.25, 0.3) is 11.7 Å². The third kappa shape index (κ3) is 10.3. The molecule has 5 aliphatic heterocycles. The number of hydrazone groups is 1. The molecule has 21 nitrogen and oxygen atoms in total. The van der Waals surface area contributed by atoms with Gasteiger partial charge < -0.3 is 58.9 Å². The molecule has 0 spiro atoms. The number of aromatic carboxylic acids is 1. The summed E-state index contributed by atoms with van der Waals surface area (Å²) in [6.07, 6.45) is 8.09. The number of fused-ring (bicyclic) bond motifs is 16. The van der Waals surface area contributed by atoms with Crippen LogP contribution in [0.2, 0.25) is 0 Å². The van der Waals surface area contributed by atoms with Gasteiger partial charge in [0.05, 0.1) is 77.1 Å². The molecule has 5 N–H and O–H groups in total. The van der Waals surface area contributed by atoms with Gasteiger partial charge in [-0.15, -0.1) is 0 Å². The quantitative estimate of drug-likeness (QED) is 0.126. The maximum atomic E-state index is 16.6. The van der Waals surface area contributed by atoms with E-state index in [2.05, 4.69) is 5.32 Å². The second-order valence-electron chi connectivity index (χ2n) is 22.3. The normalized spacial score (nSPS) is 29.2. The molecule has 1 amide bonds. The number of benzene rings is 2. The van der Waals surface area contributed by atoms with Gasteiger partial charge in [0, 0.05) is 93.6 Å². The minimum Gasteiger partial charge on any atom is -0.507 e. The van der Waals surface area contributed by atoms with Gasteiger partial charge >= 0.3 is 17.7 Å². The predicted molar refractivity (Wildman–Crippen MR) is 292 cm³/mol. The van der Waals surface area contributed by atoms with Crippen LogP contribution in [-0.2, 0) is 23.8 Å². The van der Waals surface area contributed by atoms with E-state index in [4.69, 9.17) is 28.8 Å². The maximum absolute atomic E-state index is 16.6. The number of ketones is 3. The number of aromatic hydroxyl groups is 1. The van der Waals surface area contributed by atoms with Gasteiger partial charge in [-0.25, -0.2) is 9.18 Å². The highest BCUT2D eigenvalue weighted by Gasteiger charge is 2.53. The van der Waals surface area contributed by atoms with Crippen LogP contribution in [-0.4, -0.2) is 142 Å². The molecular formula is C59H68FN5O16. The number of halogens is 1. The number of nitrogens with one attached hydrogen (secondary N) is 1. The number of allylic oxidation sites excluding steroid dienone is 4. The van der Waals surface area contributed by atoms with Crippen LogP contribution in [0, 0.1) is 42.3 Å². The highest BCUT2D eigenvalue weighted by molar-refractivity contribution is 6.38. The van der Waals surface area contributed by atoms with Crippen molar-refractivity contribution in [3.8, 4) is 17.2 Å². The fourth-order valence-corrected chi connectivity index (χ4v) is 12.2. The van der Waals surface area contributed by atoms with Crippen molar-refractivity contribution >= 4 is 58.0 Å². The number of phenols is 1. The summed E-state index contributed by atoms with van der Waals surface area (Å²) in [7, 11) is 2.76. The Kier molecular flexibility index (Phi) is 16.0. The number of amides is 1. The Morgan fingerprint density at radius 2 is 1.65 bits per heavy atom. The van der Waals surface area contributed by atoms with Gasteiger partial charge in [-0.1, -0.05) is 45.9 Å². The van der Waals surface area contributed by atoms with Crippen LogP contribution in [0.5, 0.6) is 17.2 Å². The third-order valence-corrected chi connectivity index (χ3v) is 17.0. The average molecular weight is 1120 g/mol. The maximum Gasteiger partial charge on any atom is 0.341 e. The topological polar surface area (TPSA) is 282 Å². The van der Waals surface area contributed by atoms with E-state index in [0.29, 0.717) is 25.9 Å². The number of piperidine rings is 1. The fraction of sp³-hybridized carbons (Fsp3) is 0.492. The molecule has 432 valence electrons. The Bertz CT molecular complexity index is 3380. The zero-order valence-electron chi connectivity index (χ0n) is 46.8. The number of aliphatic hydroxyl groups is 2. The summed E-state index contributed by atoms with van der Waals surface area (Å²) in [6, 6.07) is 0.498. The van der Waals surface area contributed by atoms with Crippen LogP contribution in [0.15, 0.2) is 69.6 Å². The van der Waals surface area contributed by atoms with Crippen LogP contribution in [0.4, 0.5) is 10.1 Å². The van der Waals surface area contributed by atoms with E-state index in [0.717, 1.165) is 31.4 Å². The van der Waals surface area contributed by atoms with Gasteiger partial charge in [0.2, 0.25) is 11.2 Å². The summed E-state index contributed by atoms with van der Waals surface area (Å²) >= 11 is 0. The molecule has 2 aliphatic carbocycles. The lowest BCUT2D eigenvalue weighted by molar-refractivity contribution is -0.160. The summed E-state index contributed by atoms with van der Waals surface area (Å²) < 4.78 is 47.9. The molecule has 1 aromatic heterocycles. The van der Waals surface area contributed by atoms with E-state index in [9.17, 15) is 44.4 Å². The minimum absolute atomic E-state index is 0.0430. The number of pyridine rings is 1. The monoisotopic (exact) mass is 1120 g/mol. The molecule has 2 saturated heterocycles. The predicted octanol–water partition coefficient (Wildman–Crippen LogP) is 6.08. The number of carboxylic acid groups (broad SMARTS) is 1. The second-order valence-corrected chi connectivity index (χ2v) is 22.3. The van der Waals surface area contributed by atoms with Crippen molar-refractivity contribution in [2.75, 3.05) is 38.8 Å². The van der Waals surface area contributed by atoms with Crippen LogP contribution in [0.1, 0.15) is 127 Å². The van der Waals surface area contributed by atoms with Crippen LogP contribution >= 0.6 is 0 Å². The number of rotatable bonds is 8. The molecule has 22 heteroatoms. The summed E-state index contributed by atoms with van der Waals surface area (Å²) in [6.45, 7) is 12.9. The van der Waals surface area contributed by atoms with Crippen molar-refractivity contribution in [1.29, 1.82) is 0 Å². The highest BCUT2D eigenvalue weighted by Crippen LogP contribution is 2.50. The lowest BCUT2D eigenvalue weighted by Crippen LogP contribution is -2.46. The molecule has 7 aliphatic rings. The van der Waals surface area contributed by atoms with E-state index < -0.39 is 140 Å². The van der Waals surface area contributed by atoms with Gasteiger partial charge in [0.15, 0.2) is 17.3 Å². The summed E-state index contributed by atoms with van der Waals surface area (Å²) in [5.41, 5.74) is -3.49. The molecule has 10 rings (SSSR count). The van der Waals surface area contributed by atoms with Crippen molar-refractivity contribution < 1.29 is 77.3 Å². The number of phenolic OH excluding ortho intramolecular Hbond substituents is 1. The number of esters is 1. The van der Waals surface area contributed by atoms with Gasteiger partial charge in [0.1, 0.15) is 34.6 Å². The number of aromatic nitrogens is 1. The average Bonchev–Trinajstić information content (AvgIpc) is 4.04. The first-order valence-corrected chi connectivity index (χ1v) is 27.1. The van der Waals surface area contributed by atoms with Crippen LogP contribution in [0.25, 0.3) is 10.9 Å². The lowest BCUT2D eigenvalue weighted by Gasteiger charge is -2.38. The number of ether oxygens (including phenoxy) is 5. The molecule has 3 fully saturated rings. The number of carbonyl (C=O) groups excluding carboxylic acids is 5.